The van der Waals surface area contributed by atoms with E-state index in [-0.39, 0.29) is 25.0 Å². The summed E-state index contributed by atoms with van der Waals surface area (Å²) in [5.41, 5.74) is 1.05. The van der Waals surface area contributed by atoms with Gasteiger partial charge in [-0.3, -0.25) is 9.69 Å². The molecular weight excluding hydrogens is 309 g/mol. The maximum Gasteiger partial charge on any atom is 0.325 e. The molecule has 0 aromatic heterocycles. The molecule has 1 aromatic rings. The van der Waals surface area contributed by atoms with Gasteiger partial charge in [-0.15, -0.1) is 6.58 Å². The zero-order valence-electron chi connectivity index (χ0n) is 14.1. The number of benzene rings is 1. The van der Waals surface area contributed by atoms with Crippen molar-refractivity contribution in [1.82, 2.24) is 4.90 Å². The Morgan fingerprint density at radius 1 is 1.50 bits per heavy atom. The monoisotopic (exact) mass is 335 g/mol. The minimum Gasteiger partial charge on any atom is -0.430 e. The van der Waals surface area contributed by atoms with Crippen LogP contribution in [0.2, 0.25) is 0 Å². The second kappa shape index (κ2) is 8.94. The molecule has 0 spiro atoms. The molecule has 0 aliphatic carbocycles. The fraction of sp³-hybridized carbons (Fsp3) is 0.526. The van der Waals surface area contributed by atoms with Gasteiger partial charge in [0.05, 0.1) is 0 Å². The summed E-state index contributed by atoms with van der Waals surface area (Å²) in [6.45, 7) is 6.16. The number of rotatable bonds is 8. The van der Waals surface area contributed by atoms with Gasteiger partial charge in [0.1, 0.15) is 6.04 Å². The van der Waals surface area contributed by atoms with Gasteiger partial charge in [-0.05, 0) is 18.4 Å². The zero-order valence-corrected chi connectivity index (χ0v) is 14.1. The van der Waals surface area contributed by atoms with Crippen molar-refractivity contribution in [2.75, 3.05) is 6.61 Å². The summed E-state index contributed by atoms with van der Waals surface area (Å²) in [6, 6.07) is 9.04. The molecule has 1 aliphatic rings. The minimum absolute atomic E-state index is 0.0419. The number of ether oxygens (including phenoxy) is 1. The molecule has 1 saturated heterocycles. The summed E-state index contributed by atoms with van der Waals surface area (Å²) in [5.74, 6) is -0.664. The molecule has 0 bridgehead atoms. The number of esters is 1. The Morgan fingerprint density at radius 2 is 2.21 bits per heavy atom. The van der Waals surface area contributed by atoms with Gasteiger partial charge in [0.25, 0.3) is 0 Å². The van der Waals surface area contributed by atoms with Gasteiger partial charge < -0.3 is 9.84 Å². The van der Waals surface area contributed by atoms with E-state index in [4.69, 9.17) is 4.74 Å². The van der Waals surface area contributed by atoms with E-state index < -0.39 is 18.4 Å². The number of nitrogens with zero attached hydrogens (tertiary/aromatic N) is 1. The molecule has 0 radical (unpaired) electrons. The molecule has 5 heteroatoms. The van der Waals surface area contributed by atoms with Gasteiger partial charge in [-0.2, -0.15) is 0 Å². The first-order chi connectivity index (χ1) is 11.6. The number of likely N-dealkylation sites (tertiary alicyclic amines) is 1. The molecule has 24 heavy (non-hydrogen) atoms. The first-order valence-electron chi connectivity index (χ1n) is 8.48. The largest absolute Gasteiger partial charge is 0.430 e. The van der Waals surface area contributed by atoms with E-state index in [0.29, 0.717) is 19.4 Å². The first kappa shape index (κ1) is 18.6. The van der Waals surface area contributed by atoms with Crippen LogP contribution in [0.4, 0.5) is 4.39 Å². The van der Waals surface area contributed by atoms with Gasteiger partial charge in [-0.25, -0.2) is 4.39 Å². The Kier molecular flexibility index (Phi) is 6.94. The Labute approximate surface area is 142 Å². The van der Waals surface area contributed by atoms with Crippen LogP contribution in [0.15, 0.2) is 43.0 Å². The maximum absolute atomic E-state index is 13.7. The lowest BCUT2D eigenvalue weighted by atomic mass is 10.00. The lowest BCUT2D eigenvalue weighted by Gasteiger charge is -2.28. The van der Waals surface area contributed by atoms with E-state index in [1.807, 2.05) is 42.2 Å². The Bertz CT molecular complexity index is 537. The molecule has 0 amide bonds. The third-order valence-corrected chi connectivity index (χ3v) is 4.51. The summed E-state index contributed by atoms with van der Waals surface area (Å²) in [4.78, 5) is 14.4. The lowest BCUT2D eigenvalue weighted by Crippen LogP contribution is -2.41. The van der Waals surface area contributed by atoms with Crippen LogP contribution < -0.4 is 0 Å². The fourth-order valence-electron chi connectivity index (χ4n) is 3.28. The van der Waals surface area contributed by atoms with E-state index in [2.05, 4.69) is 6.58 Å². The van der Waals surface area contributed by atoms with Gasteiger partial charge in [-0.1, -0.05) is 43.3 Å². The van der Waals surface area contributed by atoms with Gasteiger partial charge in [0.15, 0.2) is 0 Å². The molecule has 4 atom stereocenters. The molecule has 132 valence electrons. The summed E-state index contributed by atoms with van der Waals surface area (Å²) in [5, 5.41) is 9.62. The standard InChI is InChI=1S/C19H26FNO3/c1-3-8-18(20)24-19(23)17-11-15(13-22)16(4-2)21(17)12-14-9-6-5-7-10-14/h4-7,9-10,15-18,22H,2-3,8,11-13H2,1H3/t15-,16+,17+,18?/m0/s1. The summed E-state index contributed by atoms with van der Waals surface area (Å²) in [7, 11) is 0. The molecule has 0 saturated carbocycles. The number of aliphatic hydroxyl groups excluding tert-OH is 1. The SMILES string of the molecule is C=C[C@@H]1[C@H](CO)C[C@H](C(=O)OC(F)CCC)N1Cc1ccccc1. The summed E-state index contributed by atoms with van der Waals surface area (Å²) >= 11 is 0. The van der Waals surface area contributed by atoms with Crippen molar-refractivity contribution in [2.45, 2.75) is 51.2 Å². The number of halogens is 1. The molecular formula is C19H26FNO3. The number of carbonyl (C=O) groups excluding carboxylic acids is 1. The highest BCUT2D eigenvalue weighted by atomic mass is 19.1. The van der Waals surface area contributed by atoms with Crippen LogP contribution >= 0.6 is 0 Å². The van der Waals surface area contributed by atoms with Gasteiger partial charge in [0, 0.05) is 31.5 Å². The topological polar surface area (TPSA) is 49.8 Å². The van der Waals surface area contributed by atoms with Crippen LogP contribution in [-0.4, -0.2) is 41.0 Å². The average molecular weight is 335 g/mol. The summed E-state index contributed by atoms with van der Waals surface area (Å²) in [6.07, 6.45) is 1.43. The van der Waals surface area contributed by atoms with Crippen LogP contribution in [0, 0.1) is 5.92 Å². The average Bonchev–Trinajstić information content (AvgIpc) is 2.93. The number of hydrogen-bond acceptors (Lipinski definition) is 4. The normalized spacial score (nSPS) is 25.4. The highest BCUT2D eigenvalue weighted by Gasteiger charge is 2.44. The molecule has 1 N–H and O–H groups in total. The number of alkyl halides is 1. The second-order valence-electron chi connectivity index (χ2n) is 6.21. The highest BCUT2D eigenvalue weighted by molar-refractivity contribution is 5.76. The van der Waals surface area contributed by atoms with Crippen molar-refractivity contribution in [3.8, 4) is 0 Å². The van der Waals surface area contributed by atoms with Gasteiger partial charge in [0.2, 0.25) is 6.36 Å². The van der Waals surface area contributed by atoms with Gasteiger partial charge >= 0.3 is 5.97 Å². The predicted octanol–water partition coefficient (Wildman–Crippen LogP) is 3.06. The van der Waals surface area contributed by atoms with Crippen molar-refractivity contribution in [1.29, 1.82) is 0 Å². The van der Waals surface area contributed by atoms with Crippen molar-refractivity contribution in [2.24, 2.45) is 5.92 Å². The molecule has 1 heterocycles. The van der Waals surface area contributed by atoms with E-state index in [9.17, 15) is 14.3 Å². The van der Waals surface area contributed by atoms with E-state index in [0.717, 1.165) is 5.56 Å². The van der Waals surface area contributed by atoms with Crippen LogP contribution in [-0.2, 0) is 16.1 Å². The summed E-state index contributed by atoms with van der Waals surface area (Å²) < 4.78 is 18.7. The maximum atomic E-state index is 13.7. The van der Waals surface area contributed by atoms with Crippen molar-refractivity contribution in [3.63, 3.8) is 0 Å². The number of aliphatic hydroxyl groups is 1. The molecule has 1 fully saturated rings. The molecule has 1 unspecified atom stereocenters. The third-order valence-electron chi connectivity index (χ3n) is 4.51. The van der Waals surface area contributed by atoms with Crippen molar-refractivity contribution < 1.29 is 19.0 Å². The minimum atomic E-state index is -1.57. The lowest BCUT2D eigenvalue weighted by molar-refractivity contribution is -0.164. The smallest absolute Gasteiger partial charge is 0.325 e. The Hall–Kier alpha value is -1.72. The van der Waals surface area contributed by atoms with Crippen LogP contribution in [0.5, 0.6) is 0 Å². The Morgan fingerprint density at radius 3 is 2.79 bits per heavy atom. The molecule has 2 rings (SSSR count). The van der Waals surface area contributed by atoms with E-state index >= 15 is 0 Å². The zero-order chi connectivity index (χ0) is 17.5. The van der Waals surface area contributed by atoms with Crippen LogP contribution in [0.25, 0.3) is 0 Å². The van der Waals surface area contributed by atoms with Crippen molar-refractivity contribution in [3.05, 3.63) is 48.6 Å². The van der Waals surface area contributed by atoms with E-state index in [1.54, 1.807) is 6.08 Å². The number of carbonyl (C=O) groups is 1. The molecule has 1 aromatic carbocycles. The van der Waals surface area contributed by atoms with Crippen LogP contribution in [0.3, 0.4) is 0 Å². The second-order valence-corrected chi connectivity index (χ2v) is 6.21. The quantitative estimate of drug-likeness (QED) is 0.586. The predicted molar refractivity (Wildman–Crippen MR) is 90.8 cm³/mol. The van der Waals surface area contributed by atoms with E-state index in [1.165, 1.54) is 0 Å². The number of hydrogen-bond donors (Lipinski definition) is 1. The first-order valence-corrected chi connectivity index (χ1v) is 8.48. The molecule has 4 nitrogen and oxygen atoms in total. The van der Waals surface area contributed by atoms with Crippen LogP contribution in [0.1, 0.15) is 31.7 Å². The fourth-order valence-corrected chi connectivity index (χ4v) is 3.28. The van der Waals surface area contributed by atoms with Crippen molar-refractivity contribution >= 4 is 5.97 Å². The third kappa shape index (κ3) is 4.42. The molecule has 1 aliphatic heterocycles. The highest BCUT2D eigenvalue weighted by Crippen LogP contribution is 2.33. The Balaban J connectivity index is 2.16.